The van der Waals surface area contributed by atoms with Gasteiger partial charge in [-0.05, 0) is 19.8 Å². The monoisotopic (exact) mass is 173 g/mol. The summed E-state index contributed by atoms with van der Waals surface area (Å²) in [5.74, 6) is 0. The number of rotatable bonds is 4. The first-order valence-electron chi connectivity index (χ1n) is 4.67. The van der Waals surface area contributed by atoms with Crippen LogP contribution in [0.15, 0.2) is 0 Å². The first kappa shape index (κ1) is 9.96. The van der Waals surface area contributed by atoms with Crippen molar-refractivity contribution in [1.29, 1.82) is 0 Å². The SMILES string of the molecule is CCC(O)CNC1(C)CCOC1. The van der Waals surface area contributed by atoms with E-state index in [4.69, 9.17) is 4.74 Å². The molecule has 1 rings (SSSR count). The van der Waals surface area contributed by atoms with Gasteiger partial charge in [0.15, 0.2) is 0 Å². The number of ether oxygens (including phenoxy) is 1. The van der Waals surface area contributed by atoms with E-state index in [1.54, 1.807) is 0 Å². The standard InChI is InChI=1S/C9H19NO2/c1-3-8(11)6-10-9(2)4-5-12-7-9/h8,10-11H,3-7H2,1-2H3. The Morgan fingerprint density at radius 3 is 2.92 bits per heavy atom. The highest BCUT2D eigenvalue weighted by Gasteiger charge is 2.29. The van der Waals surface area contributed by atoms with Gasteiger partial charge >= 0.3 is 0 Å². The lowest BCUT2D eigenvalue weighted by Crippen LogP contribution is -2.46. The Labute approximate surface area is 74.1 Å². The molecule has 3 nitrogen and oxygen atoms in total. The second-order valence-electron chi connectivity index (χ2n) is 3.81. The molecule has 72 valence electrons. The van der Waals surface area contributed by atoms with Crippen molar-refractivity contribution in [3.63, 3.8) is 0 Å². The van der Waals surface area contributed by atoms with Crippen molar-refractivity contribution in [3.8, 4) is 0 Å². The Kier molecular flexibility index (Phi) is 3.50. The van der Waals surface area contributed by atoms with Crippen LogP contribution in [0.25, 0.3) is 0 Å². The lowest BCUT2D eigenvalue weighted by Gasteiger charge is -2.24. The highest BCUT2D eigenvalue weighted by atomic mass is 16.5. The van der Waals surface area contributed by atoms with E-state index in [1.165, 1.54) is 0 Å². The first-order valence-corrected chi connectivity index (χ1v) is 4.67. The van der Waals surface area contributed by atoms with Crippen LogP contribution in [-0.2, 0) is 4.74 Å². The van der Waals surface area contributed by atoms with Crippen molar-refractivity contribution in [3.05, 3.63) is 0 Å². The van der Waals surface area contributed by atoms with Crippen LogP contribution in [0.5, 0.6) is 0 Å². The molecule has 2 atom stereocenters. The van der Waals surface area contributed by atoms with E-state index in [0.29, 0.717) is 6.54 Å². The fourth-order valence-corrected chi connectivity index (χ4v) is 1.31. The van der Waals surface area contributed by atoms with Crippen LogP contribution >= 0.6 is 0 Å². The second-order valence-corrected chi connectivity index (χ2v) is 3.81. The van der Waals surface area contributed by atoms with Crippen LogP contribution in [0.2, 0.25) is 0 Å². The predicted octanol–water partition coefficient (Wildman–Crippen LogP) is 0.526. The summed E-state index contributed by atoms with van der Waals surface area (Å²) in [5.41, 5.74) is 0.0934. The van der Waals surface area contributed by atoms with Crippen molar-refractivity contribution in [1.82, 2.24) is 5.32 Å². The fourth-order valence-electron chi connectivity index (χ4n) is 1.31. The number of hydrogen-bond acceptors (Lipinski definition) is 3. The van der Waals surface area contributed by atoms with E-state index in [0.717, 1.165) is 26.1 Å². The van der Waals surface area contributed by atoms with Crippen molar-refractivity contribution >= 4 is 0 Å². The van der Waals surface area contributed by atoms with Gasteiger partial charge in [-0.15, -0.1) is 0 Å². The maximum Gasteiger partial charge on any atom is 0.0662 e. The zero-order valence-electron chi connectivity index (χ0n) is 7.97. The average Bonchev–Trinajstić information content (AvgIpc) is 2.49. The summed E-state index contributed by atoms with van der Waals surface area (Å²) in [6.07, 6.45) is 1.63. The van der Waals surface area contributed by atoms with Gasteiger partial charge < -0.3 is 15.2 Å². The van der Waals surface area contributed by atoms with E-state index in [1.807, 2.05) is 6.92 Å². The molecular weight excluding hydrogens is 154 g/mol. The van der Waals surface area contributed by atoms with Gasteiger partial charge in [-0.3, -0.25) is 0 Å². The van der Waals surface area contributed by atoms with Crippen molar-refractivity contribution in [2.45, 2.75) is 38.3 Å². The van der Waals surface area contributed by atoms with Gasteiger partial charge in [0, 0.05) is 18.7 Å². The topological polar surface area (TPSA) is 41.5 Å². The summed E-state index contributed by atoms with van der Waals surface area (Å²) in [7, 11) is 0. The van der Waals surface area contributed by atoms with Crippen LogP contribution < -0.4 is 5.32 Å². The molecule has 2 N–H and O–H groups in total. The van der Waals surface area contributed by atoms with Crippen LogP contribution in [0.1, 0.15) is 26.7 Å². The molecule has 0 spiro atoms. The molecule has 3 heteroatoms. The molecule has 0 saturated carbocycles. The minimum absolute atomic E-state index is 0.0934. The van der Waals surface area contributed by atoms with Gasteiger partial charge in [-0.25, -0.2) is 0 Å². The molecule has 0 aromatic carbocycles. The summed E-state index contributed by atoms with van der Waals surface area (Å²) in [6.45, 7) is 6.41. The molecule has 1 aliphatic heterocycles. The van der Waals surface area contributed by atoms with Crippen LogP contribution in [-0.4, -0.2) is 36.5 Å². The van der Waals surface area contributed by atoms with Crippen LogP contribution in [0.4, 0.5) is 0 Å². The molecule has 0 bridgehead atoms. The molecule has 1 aliphatic rings. The number of aliphatic hydroxyl groups is 1. The minimum Gasteiger partial charge on any atom is -0.392 e. The van der Waals surface area contributed by atoms with Gasteiger partial charge in [0.2, 0.25) is 0 Å². The van der Waals surface area contributed by atoms with Crippen molar-refractivity contribution in [2.24, 2.45) is 0 Å². The maximum atomic E-state index is 9.33. The van der Waals surface area contributed by atoms with Gasteiger partial charge in [0.1, 0.15) is 0 Å². The molecule has 0 aliphatic carbocycles. The van der Waals surface area contributed by atoms with E-state index in [9.17, 15) is 5.11 Å². The molecule has 1 fully saturated rings. The lowest BCUT2D eigenvalue weighted by molar-refractivity contribution is 0.138. The average molecular weight is 173 g/mol. The number of aliphatic hydroxyl groups excluding tert-OH is 1. The Morgan fingerprint density at radius 1 is 1.67 bits per heavy atom. The third-order valence-corrected chi connectivity index (χ3v) is 2.45. The third-order valence-electron chi connectivity index (χ3n) is 2.45. The minimum atomic E-state index is -0.220. The van der Waals surface area contributed by atoms with Crippen LogP contribution in [0.3, 0.4) is 0 Å². The zero-order chi connectivity index (χ0) is 9.03. The molecule has 1 heterocycles. The van der Waals surface area contributed by atoms with Crippen LogP contribution in [0, 0.1) is 0 Å². The number of hydrogen-bond donors (Lipinski definition) is 2. The molecule has 0 aromatic rings. The van der Waals surface area contributed by atoms with E-state index in [-0.39, 0.29) is 11.6 Å². The zero-order valence-corrected chi connectivity index (χ0v) is 7.97. The van der Waals surface area contributed by atoms with Gasteiger partial charge in [-0.2, -0.15) is 0 Å². The smallest absolute Gasteiger partial charge is 0.0662 e. The predicted molar refractivity (Wildman–Crippen MR) is 48.1 cm³/mol. The molecular formula is C9H19NO2. The number of nitrogens with one attached hydrogen (secondary N) is 1. The Balaban J connectivity index is 2.21. The molecule has 0 aromatic heterocycles. The summed E-state index contributed by atoms with van der Waals surface area (Å²) in [4.78, 5) is 0. The molecule has 1 saturated heterocycles. The van der Waals surface area contributed by atoms with Gasteiger partial charge in [-0.1, -0.05) is 6.92 Å². The molecule has 0 radical (unpaired) electrons. The molecule has 12 heavy (non-hydrogen) atoms. The Hall–Kier alpha value is -0.120. The highest BCUT2D eigenvalue weighted by molar-refractivity contribution is 4.87. The highest BCUT2D eigenvalue weighted by Crippen LogP contribution is 2.17. The fraction of sp³-hybridized carbons (Fsp3) is 1.00. The third kappa shape index (κ3) is 2.73. The van der Waals surface area contributed by atoms with Gasteiger partial charge in [0.05, 0.1) is 12.7 Å². The van der Waals surface area contributed by atoms with Crippen molar-refractivity contribution < 1.29 is 9.84 Å². The molecule has 2 unspecified atom stereocenters. The summed E-state index contributed by atoms with van der Waals surface area (Å²) in [6, 6.07) is 0. The quantitative estimate of drug-likeness (QED) is 0.651. The Bertz CT molecular complexity index is 132. The van der Waals surface area contributed by atoms with E-state index >= 15 is 0 Å². The summed E-state index contributed by atoms with van der Waals surface area (Å²) in [5, 5.41) is 12.7. The van der Waals surface area contributed by atoms with E-state index < -0.39 is 0 Å². The van der Waals surface area contributed by atoms with E-state index in [2.05, 4.69) is 12.2 Å². The lowest BCUT2D eigenvalue weighted by atomic mass is 10.0. The van der Waals surface area contributed by atoms with Crippen molar-refractivity contribution in [2.75, 3.05) is 19.8 Å². The summed E-state index contributed by atoms with van der Waals surface area (Å²) >= 11 is 0. The largest absolute Gasteiger partial charge is 0.392 e. The number of β-amino-alcohol motifs (C(OH)–C–C–N with tert-alkyl or cyclic N) is 1. The maximum absolute atomic E-state index is 9.33. The Morgan fingerprint density at radius 2 is 2.42 bits per heavy atom. The second kappa shape index (κ2) is 4.21. The summed E-state index contributed by atoms with van der Waals surface area (Å²) < 4.78 is 5.28. The van der Waals surface area contributed by atoms with Gasteiger partial charge in [0.25, 0.3) is 0 Å². The normalized spacial score (nSPS) is 32.2. The first-order chi connectivity index (χ1) is 5.66. The molecule has 0 amide bonds.